The Morgan fingerprint density at radius 1 is 1.00 bits per heavy atom. The van der Waals surface area contributed by atoms with Crippen LogP contribution in [0.2, 0.25) is 0 Å². The number of nitrogen functional groups attached to an aromatic ring is 1. The third-order valence-corrected chi connectivity index (χ3v) is 2.95. The summed E-state index contributed by atoms with van der Waals surface area (Å²) < 4.78 is 10.1. The zero-order valence-electron chi connectivity index (χ0n) is 12.5. The van der Waals surface area contributed by atoms with E-state index >= 15 is 0 Å². The van der Waals surface area contributed by atoms with Crippen molar-refractivity contribution in [2.24, 2.45) is 0 Å². The summed E-state index contributed by atoms with van der Waals surface area (Å²) >= 11 is 0. The molecular weight excluding hydrogens is 278 g/mol. The maximum Gasteiger partial charge on any atom is 0.344 e. The quantitative estimate of drug-likeness (QED) is 0.504. The molecular formula is C18H19NO3. The van der Waals surface area contributed by atoms with Crippen molar-refractivity contribution in [3.8, 4) is 5.75 Å². The fraction of sp³-hybridized carbons (Fsp3) is 0.167. The normalized spacial score (nSPS) is 10.6. The van der Waals surface area contributed by atoms with Crippen LogP contribution in [0.3, 0.4) is 0 Å². The van der Waals surface area contributed by atoms with E-state index in [-0.39, 0.29) is 12.6 Å². The van der Waals surface area contributed by atoms with Gasteiger partial charge in [-0.25, -0.2) is 4.79 Å². The highest BCUT2D eigenvalue weighted by Crippen LogP contribution is 2.15. The monoisotopic (exact) mass is 297 g/mol. The molecule has 4 heteroatoms. The van der Waals surface area contributed by atoms with Gasteiger partial charge in [-0.15, -0.1) is 0 Å². The first-order valence-corrected chi connectivity index (χ1v) is 7.09. The van der Waals surface area contributed by atoms with Gasteiger partial charge in [-0.05, 0) is 42.3 Å². The number of ether oxygens (including phenoxy) is 2. The van der Waals surface area contributed by atoms with Gasteiger partial charge in [0.1, 0.15) is 5.75 Å². The molecule has 0 aliphatic rings. The Hall–Kier alpha value is -2.75. The van der Waals surface area contributed by atoms with Gasteiger partial charge in [0.25, 0.3) is 0 Å². The van der Waals surface area contributed by atoms with Crippen LogP contribution in [0.25, 0.3) is 12.2 Å². The highest BCUT2D eigenvalue weighted by atomic mass is 16.6. The largest absolute Gasteiger partial charge is 0.482 e. The van der Waals surface area contributed by atoms with Gasteiger partial charge in [0, 0.05) is 5.69 Å². The van der Waals surface area contributed by atoms with Crippen LogP contribution in [0.4, 0.5) is 5.69 Å². The summed E-state index contributed by atoms with van der Waals surface area (Å²) in [7, 11) is 0. The average molecular weight is 297 g/mol. The number of hydrogen-bond acceptors (Lipinski definition) is 4. The summed E-state index contributed by atoms with van der Waals surface area (Å²) in [6.45, 7) is 2.05. The molecule has 0 saturated carbocycles. The van der Waals surface area contributed by atoms with E-state index < -0.39 is 0 Å². The van der Waals surface area contributed by atoms with Gasteiger partial charge in [0.05, 0.1) is 6.61 Å². The molecule has 114 valence electrons. The minimum atomic E-state index is -0.366. The van der Waals surface area contributed by atoms with E-state index in [1.54, 1.807) is 6.92 Å². The number of carbonyl (C=O) groups is 1. The van der Waals surface area contributed by atoms with Gasteiger partial charge in [0.15, 0.2) is 6.61 Å². The molecule has 22 heavy (non-hydrogen) atoms. The Balaban J connectivity index is 1.91. The lowest BCUT2D eigenvalue weighted by Gasteiger charge is -2.05. The van der Waals surface area contributed by atoms with Crippen LogP contribution in [0.1, 0.15) is 18.1 Å². The Bertz CT molecular complexity index is 630. The van der Waals surface area contributed by atoms with Crippen molar-refractivity contribution in [1.82, 2.24) is 0 Å². The van der Waals surface area contributed by atoms with Crippen LogP contribution >= 0.6 is 0 Å². The van der Waals surface area contributed by atoms with Crippen LogP contribution < -0.4 is 10.5 Å². The minimum absolute atomic E-state index is 0.0749. The van der Waals surface area contributed by atoms with Crippen LogP contribution in [-0.4, -0.2) is 19.2 Å². The molecule has 2 aromatic carbocycles. The Labute approximate surface area is 130 Å². The summed E-state index contributed by atoms with van der Waals surface area (Å²) in [5.41, 5.74) is 8.52. The second kappa shape index (κ2) is 7.88. The van der Waals surface area contributed by atoms with Crippen LogP contribution in [0, 0.1) is 0 Å². The smallest absolute Gasteiger partial charge is 0.344 e. The molecule has 0 atom stereocenters. The van der Waals surface area contributed by atoms with Crippen LogP contribution in [-0.2, 0) is 9.53 Å². The van der Waals surface area contributed by atoms with Crippen molar-refractivity contribution in [1.29, 1.82) is 0 Å². The molecule has 0 amide bonds. The first-order chi connectivity index (χ1) is 10.7. The maximum atomic E-state index is 11.2. The van der Waals surface area contributed by atoms with E-state index in [2.05, 4.69) is 0 Å². The molecule has 0 aliphatic carbocycles. The van der Waals surface area contributed by atoms with Crippen LogP contribution in [0.5, 0.6) is 5.75 Å². The molecule has 0 spiro atoms. The van der Waals surface area contributed by atoms with Gasteiger partial charge in [-0.3, -0.25) is 0 Å². The summed E-state index contributed by atoms with van der Waals surface area (Å²) in [4.78, 5) is 11.2. The number of carbonyl (C=O) groups excluding carboxylic acids is 1. The zero-order valence-corrected chi connectivity index (χ0v) is 12.5. The van der Waals surface area contributed by atoms with Gasteiger partial charge in [0.2, 0.25) is 0 Å². The second-order valence-corrected chi connectivity index (χ2v) is 4.66. The van der Waals surface area contributed by atoms with E-state index in [1.165, 1.54) is 0 Å². The van der Waals surface area contributed by atoms with Crippen molar-refractivity contribution in [3.63, 3.8) is 0 Å². The minimum Gasteiger partial charge on any atom is -0.482 e. The van der Waals surface area contributed by atoms with Crippen molar-refractivity contribution >= 4 is 23.8 Å². The van der Waals surface area contributed by atoms with Gasteiger partial charge >= 0.3 is 5.97 Å². The van der Waals surface area contributed by atoms with Gasteiger partial charge in [-0.2, -0.15) is 0 Å². The molecule has 0 saturated heterocycles. The average Bonchev–Trinajstić information content (AvgIpc) is 2.54. The molecule has 4 nitrogen and oxygen atoms in total. The first-order valence-electron chi connectivity index (χ1n) is 7.09. The van der Waals surface area contributed by atoms with Crippen molar-refractivity contribution < 1.29 is 14.3 Å². The number of nitrogens with two attached hydrogens (primary N) is 1. The molecule has 0 unspecified atom stereocenters. The third kappa shape index (κ3) is 4.98. The summed E-state index contributed by atoms with van der Waals surface area (Å²) in [5, 5.41) is 0. The molecule has 0 heterocycles. The third-order valence-electron chi connectivity index (χ3n) is 2.95. The number of esters is 1. The van der Waals surface area contributed by atoms with Gasteiger partial charge in [-0.1, -0.05) is 36.4 Å². The fourth-order valence-electron chi connectivity index (χ4n) is 1.82. The standard InChI is InChI=1S/C18H19NO3/c1-2-21-18(20)13-22-17-11-7-15(8-12-17)4-3-14-5-9-16(19)10-6-14/h3-12H,2,13,19H2,1H3/b4-3-. The number of hydrogen-bond donors (Lipinski definition) is 1. The lowest BCUT2D eigenvalue weighted by atomic mass is 10.1. The Morgan fingerprint density at radius 2 is 1.55 bits per heavy atom. The van der Waals surface area contributed by atoms with E-state index in [0.29, 0.717) is 12.4 Å². The summed E-state index contributed by atoms with van der Waals surface area (Å²) in [6, 6.07) is 15.1. The SMILES string of the molecule is CCOC(=O)COc1ccc(/C=C\c2ccc(N)cc2)cc1. The van der Waals surface area contributed by atoms with E-state index in [9.17, 15) is 4.79 Å². The zero-order chi connectivity index (χ0) is 15.8. The highest BCUT2D eigenvalue weighted by molar-refractivity contribution is 5.71. The molecule has 0 aliphatic heterocycles. The Kier molecular flexibility index (Phi) is 5.60. The maximum absolute atomic E-state index is 11.2. The lowest BCUT2D eigenvalue weighted by molar-refractivity contribution is -0.145. The molecule has 0 bridgehead atoms. The number of rotatable bonds is 6. The second-order valence-electron chi connectivity index (χ2n) is 4.66. The van der Waals surface area contributed by atoms with Gasteiger partial charge < -0.3 is 15.2 Å². The van der Waals surface area contributed by atoms with E-state index in [0.717, 1.165) is 16.8 Å². The number of anilines is 1. The van der Waals surface area contributed by atoms with Crippen molar-refractivity contribution in [2.75, 3.05) is 18.9 Å². The molecule has 2 N–H and O–H groups in total. The Morgan fingerprint density at radius 3 is 2.09 bits per heavy atom. The highest BCUT2D eigenvalue weighted by Gasteiger charge is 2.02. The number of benzene rings is 2. The molecule has 0 fully saturated rings. The van der Waals surface area contributed by atoms with Crippen LogP contribution in [0.15, 0.2) is 48.5 Å². The topological polar surface area (TPSA) is 61.5 Å². The molecule has 0 aromatic heterocycles. The van der Waals surface area contributed by atoms with Crippen molar-refractivity contribution in [2.45, 2.75) is 6.92 Å². The van der Waals surface area contributed by atoms with Crippen molar-refractivity contribution in [3.05, 3.63) is 59.7 Å². The fourth-order valence-corrected chi connectivity index (χ4v) is 1.82. The van der Waals surface area contributed by atoms with E-state index in [1.807, 2.05) is 60.7 Å². The summed E-state index contributed by atoms with van der Waals surface area (Å²) in [5.74, 6) is 0.271. The predicted octanol–water partition coefficient (Wildman–Crippen LogP) is 3.38. The molecule has 2 rings (SSSR count). The molecule has 0 radical (unpaired) electrons. The lowest BCUT2D eigenvalue weighted by Crippen LogP contribution is -2.14. The summed E-state index contributed by atoms with van der Waals surface area (Å²) in [6.07, 6.45) is 4.01. The predicted molar refractivity (Wildman–Crippen MR) is 88.4 cm³/mol. The van der Waals surface area contributed by atoms with E-state index in [4.69, 9.17) is 15.2 Å². The molecule has 2 aromatic rings. The first kappa shape index (κ1) is 15.6.